The van der Waals surface area contributed by atoms with Gasteiger partial charge in [-0.15, -0.1) is 5.10 Å². The van der Waals surface area contributed by atoms with Crippen molar-refractivity contribution in [3.63, 3.8) is 0 Å². The SMILES string of the molecule is Cn1nnnc1Sc1ccc(C(=O)Nc2ccc(S(=O)(=O)N3CCCC3)cc2)cc1[N+](=O)[O-]. The molecule has 2 heterocycles. The number of anilines is 1. The fourth-order valence-corrected chi connectivity index (χ4v) is 5.62. The van der Waals surface area contributed by atoms with Crippen molar-refractivity contribution < 1.29 is 18.1 Å². The lowest BCUT2D eigenvalue weighted by Crippen LogP contribution is -2.27. The smallest absolute Gasteiger partial charge is 0.284 e. The van der Waals surface area contributed by atoms with Gasteiger partial charge in [0.15, 0.2) is 0 Å². The van der Waals surface area contributed by atoms with Gasteiger partial charge in [-0.25, -0.2) is 13.1 Å². The Morgan fingerprint density at radius 1 is 1.15 bits per heavy atom. The van der Waals surface area contributed by atoms with E-state index < -0.39 is 20.9 Å². The van der Waals surface area contributed by atoms with Crippen LogP contribution in [0, 0.1) is 10.1 Å². The standard InChI is InChI=1S/C19H19N7O5S2/c1-24-19(21-22-23-24)32-17-9-4-13(12-16(17)26(28)29)18(27)20-14-5-7-15(8-6-14)33(30,31)25-10-2-3-11-25/h4-9,12H,2-3,10-11H2,1H3,(H,20,27). The maximum absolute atomic E-state index is 12.7. The van der Waals surface area contributed by atoms with E-state index in [0.29, 0.717) is 23.9 Å². The van der Waals surface area contributed by atoms with Crippen LogP contribution >= 0.6 is 11.8 Å². The van der Waals surface area contributed by atoms with Gasteiger partial charge in [-0.1, -0.05) is 0 Å². The van der Waals surface area contributed by atoms with Crippen LogP contribution in [-0.2, 0) is 17.1 Å². The summed E-state index contributed by atoms with van der Waals surface area (Å²) in [4.78, 5) is 24.1. The van der Waals surface area contributed by atoms with Crippen molar-refractivity contribution in [3.8, 4) is 0 Å². The second kappa shape index (κ2) is 9.25. The van der Waals surface area contributed by atoms with E-state index in [1.54, 1.807) is 7.05 Å². The van der Waals surface area contributed by atoms with E-state index in [0.717, 1.165) is 24.6 Å². The first kappa shape index (κ1) is 22.8. The molecule has 1 amide bonds. The third-order valence-corrected chi connectivity index (χ3v) is 8.02. The summed E-state index contributed by atoms with van der Waals surface area (Å²) in [7, 11) is -1.94. The van der Waals surface area contributed by atoms with Crippen LogP contribution in [0.1, 0.15) is 23.2 Å². The fraction of sp³-hybridized carbons (Fsp3) is 0.263. The van der Waals surface area contributed by atoms with Gasteiger partial charge in [0.2, 0.25) is 15.2 Å². The van der Waals surface area contributed by atoms with Gasteiger partial charge >= 0.3 is 0 Å². The molecule has 3 aromatic rings. The third-order valence-electron chi connectivity index (χ3n) is 5.02. The van der Waals surface area contributed by atoms with Crippen molar-refractivity contribution in [1.29, 1.82) is 0 Å². The first-order valence-electron chi connectivity index (χ1n) is 9.86. The summed E-state index contributed by atoms with van der Waals surface area (Å²) in [6.07, 6.45) is 1.68. The van der Waals surface area contributed by atoms with Gasteiger partial charge in [-0.05, 0) is 71.4 Å². The Labute approximate surface area is 193 Å². The molecule has 1 saturated heterocycles. The number of sulfonamides is 1. The average Bonchev–Trinajstić information content (AvgIpc) is 3.47. The molecule has 0 bridgehead atoms. The lowest BCUT2D eigenvalue weighted by atomic mass is 10.2. The molecular formula is C19H19N7O5S2. The lowest BCUT2D eigenvalue weighted by molar-refractivity contribution is -0.387. The van der Waals surface area contributed by atoms with Crippen molar-refractivity contribution in [1.82, 2.24) is 24.5 Å². The van der Waals surface area contributed by atoms with Gasteiger partial charge in [0, 0.05) is 37.5 Å². The number of tetrazole rings is 1. The Bertz CT molecular complexity index is 1300. The molecule has 2 aromatic carbocycles. The molecule has 4 rings (SSSR count). The van der Waals surface area contributed by atoms with Gasteiger partial charge < -0.3 is 5.32 Å². The minimum Gasteiger partial charge on any atom is -0.322 e. The summed E-state index contributed by atoms with van der Waals surface area (Å²) in [6, 6.07) is 9.92. The van der Waals surface area contributed by atoms with Crippen LogP contribution in [0.5, 0.6) is 0 Å². The van der Waals surface area contributed by atoms with Crippen LogP contribution in [0.3, 0.4) is 0 Å². The quantitative estimate of drug-likeness (QED) is 0.389. The van der Waals surface area contributed by atoms with E-state index in [-0.39, 0.29) is 21.0 Å². The topological polar surface area (TPSA) is 153 Å². The van der Waals surface area contributed by atoms with Crippen molar-refractivity contribution in [2.24, 2.45) is 7.05 Å². The highest BCUT2D eigenvalue weighted by molar-refractivity contribution is 7.99. The van der Waals surface area contributed by atoms with E-state index in [9.17, 15) is 23.3 Å². The van der Waals surface area contributed by atoms with Gasteiger partial charge in [-0.3, -0.25) is 14.9 Å². The highest BCUT2D eigenvalue weighted by Crippen LogP contribution is 2.34. The van der Waals surface area contributed by atoms with E-state index in [4.69, 9.17) is 0 Å². The van der Waals surface area contributed by atoms with Crippen LogP contribution < -0.4 is 5.32 Å². The fourth-order valence-electron chi connectivity index (χ4n) is 3.28. The highest BCUT2D eigenvalue weighted by atomic mass is 32.2. The number of rotatable bonds is 7. The Hall–Kier alpha value is -3.36. The zero-order valence-corrected chi connectivity index (χ0v) is 19.0. The lowest BCUT2D eigenvalue weighted by Gasteiger charge is -2.15. The normalized spacial score (nSPS) is 14.3. The molecule has 1 N–H and O–H groups in total. The number of hydrogen-bond donors (Lipinski definition) is 1. The predicted octanol–water partition coefficient (Wildman–Crippen LogP) is 2.31. The van der Waals surface area contributed by atoms with E-state index in [1.165, 1.54) is 51.5 Å². The molecule has 33 heavy (non-hydrogen) atoms. The number of carbonyl (C=O) groups is 1. The minimum atomic E-state index is -3.55. The van der Waals surface area contributed by atoms with Crippen LogP contribution in [0.4, 0.5) is 11.4 Å². The average molecular weight is 490 g/mol. The molecule has 0 unspecified atom stereocenters. The number of nitro groups is 1. The van der Waals surface area contributed by atoms with Crippen molar-refractivity contribution in [2.45, 2.75) is 27.8 Å². The van der Waals surface area contributed by atoms with Crippen molar-refractivity contribution >= 4 is 39.1 Å². The molecule has 172 valence electrons. The number of nitro benzene ring substituents is 1. The van der Waals surface area contributed by atoms with Crippen molar-refractivity contribution in [3.05, 3.63) is 58.1 Å². The molecule has 12 nitrogen and oxygen atoms in total. The van der Waals surface area contributed by atoms with E-state index >= 15 is 0 Å². The second-order valence-electron chi connectivity index (χ2n) is 7.22. The van der Waals surface area contributed by atoms with E-state index in [2.05, 4.69) is 20.8 Å². The molecule has 0 aliphatic carbocycles. The van der Waals surface area contributed by atoms with Crippen LogP contribution in [0.25, 0.3) is 0 Å². The summed E-state index contributed by atoms with van der Waals surface area (Å²) in [6.45, 7) is 1.00. The Balaban J connectivity index is 1.50. The first-order chi connectivity index (χ1) is 15.8. The number of carbonyl (C=O) groups excluding carboxylic acids is 1. The highest BCUT2D eigenvalue weighted by Gasteiger charge is 2.27. The summed E-state index contributed by atoms with van der Waals surface area (Å²) in [5.74, 6) is -0.565. The number of amides is 1. The van der Waals surface area contributed by atoms with Gasteiger partial charge in [0.05, 0.1) is 14.7 Å². The molecule has 0 radical (unpaired) electrons. The zero-order valence-electron chi connectivity index (χ0n) is 17.4. The molecule has 0 spiro atoms. The van der Waals surface area contributed by atoms with Crippen molar-refractivity contribution in [2.75, 3.05) is 18.4 Å². The van der Waals surface area contributed by atoms with Gasteiger partial charge in [0.25, 0.3) is 11.6 Å². The van der Waals surface area contributed by atoms with Crippen LogP contribution in [0.2, 0.25) is 0 Å². The zero-order chi connectivity index (χ0) is 23.6. The predicted molar refractivity (Wildman–Crippen MR) is 118 cm³/mol. The molecule has 1 aliphatic rings. The maximum atomic E-state index is 12.7. The number of benzene rings is 2. The minimum absolute atomic E-state index is 0.0795. The number of hydrogen-bond acceptors (Lipinski definition) is 9. The van der Waals surface area contributed by atoms with Gasteiger partial charge in [0.1, 0.15) is 0 Å². The Morgan fingerprint density at radius 2 is 1.85 bits per heavy atom. The monoisotopic (exact) mass is 489 g/mol. The Morgan fingerprint density at radius 3 is 2.45 bits per heavy atom. The largest absolute Gasteiger partial charge is 0.322 e. The molecular weight excluding hydrogens is 470 g/mol. The number of aromatic nitrogens is 4. The summed E-state index contributed by atoms with van der Waals surface area (Å²) >= 11 is 1.01. The number of nitrogens with zero attached hydrogens (tertiary/aromatic N) is 6. The molecule has 1 fully saturated rings. The van der Waals surface area contributed by atoms with Gasteiger partial charge in [-0.2, -0.15) is 4.31 Å². The summed E-state index contributed by atoms with van der Waals surface area (Å²) < 4.78 is 28.1. The Kier molecular flexibility index (Phi) is 6.40. The molecule has 0 atom stereocenters. The second-order valence-corrected chi connectivity index (χ2v) is 10.2. The molecule has 1 aromatic heterocycles. The number of aryl methyl sites for hydroxylation is 1. The maximum Gasteiger partial charge on any atom is 0.284 e. The molecule has 1 aliphatic heterocycles. The summed E-state index contributed by atoms with van der Waals surface area (Å²) in [5.41, 5.74) is 0.185. The molecule has 14 heteroatoms. The van der Waals surface area contributed by atoms with Crippen LogP contribution in [0.15, 0.2) is 57.4 Å². The first-order valence-corrected chi connectivity index (χ1v) is 12.1. The third kappa shape index (κ3) is 4.86. The number of nitrogens with one attached hydrogen (secondary N) is 1. The summed E-state index contributed by atoms with van der Waals surface area (Å²) in [5, 5.41) is 25.5. The van der Waals surface area contributed by atoms with Crippen LogP contribution in [-0.4, -0.2) is 56.9 Å². The molecule has 0 saturated carbocycles. The van der Waals surface area contributed by atoms with E-state index in [1.807, 2.05) is 0 Å².